The van der Waals surface area contributed by atoms with Crippen LogP contribution in [0.4, 0.5) is 5.69 Å². The summed E-state index contributed by atoms with van der Waals surface area (Å²) in [5.74, 6) is 1.07. The second-order valence-corrected chi connectivity index (χ2v) is 7.94. The number of ether oxygens (including phenoxy) is 1. The van der Waals surface area contributed by atoms with Crippen molar-refractivity contribution < 1.29 is 22.7 Å². The smallest absolute Gasteiger partial charge is 0.274 e. The molecule has 3 aromatic rings. The highest BCUT2D eigenvalue weighted by Crippen LogP contribution is 2.34. The maximum absolute atomic E-state index is 13.2. The molecule has 1 aliphatic rings. The molecule has 4 rings (SSSR count). The van der Waals surface area contributed by atoms with Gasteiger partial charge in [-0.25, -0.2) is 9.22 Å². The highest BCUT2D eigenvalue weighted by molar-refractivity contribution is 7.80. The first kappa shape index (κ1) is 20.8. The Kier molecular flexibility index (Phi) is 5.88. The van der Waals surface area contributed by atoms with E-state index < -0.39 is 11.3 Å². The van der Waals surface area contributed by atoms with Crippen LogP contribution in [0.5, 0.6) is 5.75 Å². The average Bonchev–Trinajstić information content (AvgIpc) is 3.48. The van der Waals surface area contributed by atoms with Crippen LogP contribution < -0.4 is 9.04 Å². The molecule has 31 heavy (non-hydrogen) atoms. The number of hydrogen-bond acceptors (Lipinski definition) is 5. The molecule has 0 saturated heterocycles. The Morgan fingerprint density at radius 3 is 2.48 bits per heavy atom. The first-order valence-electron chi connectivity index (χ1n) is 9.51. The van der Waals surface area contributed by atoms with Crippen LogP contribution in [0.15, 0.2) is 76.4 Å². The van der Waals surface area contributed by atoms with E-state index in [2.05, 4.69) is 5.10 Å². The van der Waals surface area contributed by atoms with E-state index >= 15 is 0 Å². The van der Waals surface area contributed by atoms with Crippen molar-refractivity contribution in [3.8, 4) is 5.75 Å². The molecule has 2 atom stereocenters. The fourth-order valence-corrected chi connectivity index (χ4v) is 3.70. The minimum atomic E-state index is -2.10. The normalized spacial score (nSPS) is 16.7. The van der Waals surface area contributed by atoms with Gasteiger partial charge >= 0.3 is 0 Å². The van der Waals surface area contributed by atoms with Crippen molar-refractivity contribution in [3.05, 3.63) is 83.8 Å². The van der Waals surface area contributed by atoms with Crippen molar-refractivity contribution in [2.45, 2.75) is 12.5 Å². The van der Waals surface area contributed by atoms with E-state index in [9.17, 15) is 13.6 Å². The molecule has 2 aromatic carbocycles. The lowest BCUT2D eigenvalue weighted by Crippen LogP contribution is -2.26. The summed E-state index contributed by atoms with van der Waals surface area (Å²) in [5, 5.41) is 6.05. The van der Waals surface area contributed by atoms with Gasteiger partial charge in [-0.15, -0.1) is 0 Å². The third kappa shape index (κ3) is 4.23. The molecule has 2 unspecified atom stereocenters. The second-order valence-electron chi connectivity index (χ2n) is 6.94. The Hall–Kier alpha value is -3.43. The first-order valence-corrected chi connectivity index (χ1v) is 10.6. The second kappa shape index (κ2) is 8.75. The van der Waals surface area contributed by atoms with E-state index in [-0.39, 0.29) is 11.9 Å². The third-order valence-corrected chi connectivity index (χ3v) is 5.80. The molecule has 9 heteroatoms. The molecule has 0 saturated carbocycles. The summed E-state index contributed by atoms with van der Waals surface area (Å²) in [6.07, 6.45) is 2.06. The van der Waals surface area contributed by atoms with E-state index in [4.69, 9.17) is 9.15 Å². The van der Waals surface area contributed by atoms with Crippen LogP contribution in [0.3, 0.4) is 0 Å². The van der Waals surface area contributed by atoms with Crippen LogP contribution in [-0.2, 0) is 11.3 Å². The Labute approximate surface area is 182 Å². The molecular weight excluding hydrogens is 418 g/mol. The topological polar surface area (TPSA) is 95.6 Å². The number of carbonyl (C=O) groups excluding carboxylic acids is 1. The van der Waals surface area contributed by atoms with E-state index in [0.29, 0.717) is 29.2 Å². The van der Waals surface area contributed by atoms with Gasteiger partial charge in [-0.2, -0.15) is 5.10 Å². The van der Waals surface area contributed by atoms with Crippen molar-refractivity contribution in [2.75, 3.05) is 18.5 Å². The number of anilines is 1. The summed E-state index contributed by atoms with van der Waals surface area (Å²) >= 11 is -2.10. The molecule has 2 heterocycles. The minimum absolute atomic E-state index is 0.244. The van der Waals surface area contributed by atoms with Crippen LogP contribution >= 0.6 is 0 Å². The number of furan rings is 1. The molecule has 1 N–H and O–H groups in total. The molecule has 0 radical (unpaired) electrons. The summed E-state index contributed by atoms with van der Waals surface area (Å²) in [5.41, 5.74) is 2.63. The molecule has 0 fully saturated rings. The lowest BCUT2D eigenvalue weighted by molar-refractivity contribution is 0.0693. The summed E-state index contributed by atoms with van der Waals surface area (Å²) in [6, 6.07) is 17.2. The minimum Gasteiger partial charge on any atom is -0.497 e. The van der Waals surface area contributed by atoms with Crippen molar-refractivity contribution in [1.82, 2.24) is 5.01 Å². The Morgan fingerprint density at radius 1 is 1.19 bits per heavy atom. The molecule has 8 nitrogen and oxygen atoms in total. The van der Waals surface area contributed by atoms with E-state index in [1.165, 1.54) is 16.4 Å². The van der Waals surface area contributed by atoms with Gasteiger partial charge in [-0.05, 0) is 54.1 Å². The van der Waals surface area contributed by atoms with Gasteiger partial charge in [-0.1, -0.05) is 12.1 Å². The van der Waals surface area contributed by atoms with Gasteiger partial charge in [0.15, 0.2) is 0 Å². The fraction of sp³-hybridized carbons (Fsp3) is 0.182. The van der Waals surface area contributed by atoms with E-state index in [0.717, 1.165) is 11.3 Å². The number of benzene rings is 2. The zero-order valence-electron chi connectivity index (χ0n) is 17.0. The Morgan fingerprint density at radius 2 is 1.90 bits per heavy atom. The largest absolute Gasteiger partial charge is 0.497 e. The zero-order chi connectivity index (χ0) is 22.0. The van der Waals surface area contributed by atoms with Crippen LogP contribution in [0.25, 0.3) is 0 Å². The number of methoxy groups -OCH3 is 1. The first-order chi connectivity index (χ1) is 15.0. The quantitative estimate of drug-likeness (QED) is 0.589. The summed E-state index contributed by atoms with van der Waals surface area (Å²) in [4.78, 5) is 13.2. The predicted octanol–water partition coefficient (Wildman–Crippen LogP) is 3.85. The van der Waals surface area contributed by atoms with Crippen LogP contribution in [0.1, 0.15) is 34.1 Å². The van der Waals surface area contributed by atoms with Gasteiger partial charge in [0, 0.05) is 19.0 Å². The average molecular weight is 439 g/mol. The maximum atomic E-state index is 13.2. The van der Waals surface area contributed by atoms with Gasteiger partial charge in [0.25, 0.3) is 17.2 Å². The van der Waals surface area contributed by atoms with Crippen molar-refractivity contribution in [3.63, 3.8) is 0 Å². The van der Waals surface area contributed by atoms with Gasteiger partial charge in [0.05, 0.1) is 24.8 Å². The highest BCUT2D eigenvalue weighted by atomic mass is 32.2. The van der Waals surface area contributed by atoms with Gasteiger partial charge in [0.1, 0.15) is 17.6 Å². The number of rotatable bonds is 6. The summed E-state index contributed by atoms with van der Waals surface area (Å²) < 4.78 is 32.5. The predicted molar refractivity (Wildman–Crippen MR) is 117 cm³/mol. The molecule has 1 amide bonds. The fourth-order valence-electron chi connectivity index (χ4n) is 3.39. The number of hydrazone groups is 1. The molecule has 0 spiro atoms. The van der Waals surface area contributed by atoms with Gasteiger partial charge in [0.2, 0.25) is 0 Å². The van der Waals surface area contributed by atoms with Crippen LogP contribution in [0, 0.1) is 0 Å². The number of carbonyl (C=O) groups is 1. The standard InChI is InChI=1S/C22H21N3O5S/c1-24(31(27)28)17-9-5-15(6-10-17)19-14-20(21-4-3-13-30-21)25(23-19)22(26)16-7-11-18(29-2)12-8-16/h3-13,20H,14H2,1-2H3,(H,27,28). The van der Waals surface area contributed by atoms with Crippen molar-refractivity contribution in [1.29, 1.82) is 0 Å². The van der Waals surface area contributed by atoms with Crippen molar-refractivity contribution in [2.24, 2.45) is 5.10 Å². The molecule has 0 bridgehead atoms. The Balaban J connectivity index is 1.64. The number of nitrogens with zero attached hydrogens (tertiary/aromatic N) is 3. The monoisotopic (exact) mass is 439 g/mol. The van der Waals surface area contributed by atoms with Crippen LogP contribution in [0.2, 0.25) is 0 Å². The highest BCUT2D eigenvalue weighted by Gasteiger charge is 2.35. The van der Waals surface area contributed by atoms with E-state index in [1.807, 2.05) is 18.2 Å². The molecular formula is C22H21N3O5S. The molecule has 160 valence electrons. The number of amides is 1. The lowest BCUT2D eigenvalue weighted by atomic mass is 10.0. The zero-order valence-corrected chi connectivity index (χ0v) is 17.8. The summed E-state index contributed by atoms with van der Waals surface area (Å²) in [6.45, 7) is 0. The number of hydrogen-bond donors (Lipinski definition) is 1. The molecule has 1 aliphatic heterocycles. The Bertz CT molecular complexity index is 1110. The van der Waals surface area contributed by atoms with Crippen molar-refractivity contribution >= 4 is 28.6 Å². The van der Waals surface area contributed by atoms with Gasteiger partial charge in [-0.3, -0.25) is 13.7 Å². The van der Waals surface area contributed by atoms with Crippen LogP contribution in [-0.4, -0.2) is 39.5 Å². The molecule has 0 aliphatic carbocycles. The SMILES string of the molecule is COc1ccc(C(=O)N2N=C(c3ccc(N(C)S(=O)O)cc3)CC2c2ccco2)cc1. The molecule has 1 aromatic heterocycles. The lowest BCUT2D eigenvalue weighted by Gasteiger charge is -2.20. The third-order valence-electron chi connectivity index (χ3n) is 5.13. The maximum Gasteiger partial charge on any atom is 0.274 e. The van der Waals surface area contributed by atoms with E-state index in [1.54, 1.807) is 55.8 Å². The van der Waals surface area contributed by atoms with Gasteiger partial charge < -0.3 is 9.15 Å². The summed E-state index contributed by atoms with van der Waals surface area (Å²) in [7, 11) is 3.10.